The standard InChI is InChI=1S/C24H19N3O11S3/c1-13-7-9-19(40(33,34)35)17(11-13)26-27-22-20(41(36,37)38)12-15-18(39(30,31)32)10-8-16(21(15)23(22)28)25-24(29)14-5-3-2-4-6-14/h2-12,28H,1H3,(H,25,29)(H,30,31,32)(H,33,34,35)(H,36,37,38). The number of amides is 1. The lowest BCUT2D eigenvalue weighted by Crippen LogP contribution is -2.13. The molecule has 1 amide bonds. The molecule has 0 atom stereocenters. The number of carbonyl (C=O) groups is 1. The smallest absolute Gasteiger partial charge is 0.296 e. The monoisotopic (exact) mass is 621 g/mol. The van der Waals surface area contributed by atoms with Crippen molar-refractivity contribution in [3.63, 3.8) is 0 Å². The molecule has 4 aromatic carbocycles. The Bertz CT molecular complexity index is 2080. The molecule has 41 heavy (non-hydrogen) atoms. The second kappa shape index (κ2) is 10.6. The summed E-state index contributed by atoms with van der Waals surface area (Å²) in [5.74, 6) is -1.83. The van der Waals surface area contributed by atoms with Crippen LogP contribution in [0.5, 0.6) is 5.75 Å². The van der Waals surface area contributed by atoms with Crippen molar-refractivity contribution in [3.8, 4) is 5.75 Å². The van der Waals surface area contributed by atoms with Crippen LogP contribution >= 0.6 is 0 Å². The van der Waals surface area contributed by atoms with Crippen LogP contribution in [0, 0.1) is 6.92 Å². The highest BCUT2D eigenvalue weighted by atomic mass is 32.2. The predicted octanol–water partition coefficient (Wildman–Crippen LogP) is 4.26. The van der Waals surface area contributed by atoms with Gasteiger partial charge in [0.15, 0.2) is 5.75 Å². The number of fused-ring (bicyclic) bond motifs is 1. The third kappa shape index (κ3) is 6.24. The maximum atomic E-state index is 12.8. The van der Waals surface area contributed by atoms with Crippen LogP contribution in [0.2, 0.25) is 0 Å². The highest BCUT2D eigenvalue weighted by molar-refractivity contribution is 7.86. The SMILES string of the molecule is Cc1ccc(S(=O)(=O)O)c(N=Nc2c(S(=O)(=O)O)cc3c(S(=O)(=O)O)ccc(NC(=O)c4ccccc4)c3c2O)c1. The van der Waals surface area contributed by atoms with E-state index in [0.29, 0.717) is 11.6 Å². The van der Waals surface area contributed by atoms with Crippen LogP contribution in [0.15, 0.2) is 91.6 Å². The van der Waals surface area contributed by atoms with Crippen LogP contribution in [0.25, 0.3) is 10.8 Å². The summed E-state index contributed by atoms with van der Waals surface area (Å²) in [5, 5.41) is 19.7. The maximum Gasteiger partial charge on any atom is 0.296 e. The summed E-state index contributed by atoms with van der Waals surface area (Å²) < 4.78 is 101. The molecule has 0 spiro atoms. The van der Waals surface area contributed by atoms with Gasteiger partial charge in [-0.25, -0.2) is 0 Å². The van der Waals surface area contributed by atoms with Gasteiger partial charge < -0.3 is 10.4 Å². The molecule has 214 valence electrons. The lowest BCUT2D eigenvalue weighted by atomic mass is 10.1. The number of benzene rings is 4. The first-order valence-corrected chi connectivity index (χ1v) is 15.4. The molecule has 4 rings (SSSR count). The molecule has 14 nitrogen and oxygen atoms in total. The molecule has 5 N–H and O–H groups in total. The summed E-state index contributed by atoms with van der Waals surface area (Å²) in [7, 11) is -15.2. The lowest BCUT2D eigenvalue weighted by Gasteiger charge is -2.15. The second-order valence-corrected chi connectivity index (χ2v) is 12.7. The van der Waals surface area contributed by atoms with E-state index in [1.807, 2.05) is 0 Å². The minimum atomic E-state index is -5.28. The zero-order valence-corrected chi connectivity index (χ0v) is 23.1. The van der Waals surface area contributed by atoms with E-state index in [4.69, 9.17) is 0 Å². The normalized spacial score (nSPS) is 12.6. The molecule has 0 heterocycles. The Kier molecular flexibility index (Phi) is 7.69. The summed E-state index contributed by atoms with van der Waals surface area (Å²) in [5.41, 5.74) is -1.10. The summed E-state index contributed by atoms with van der Waals surface area (Å²) in [6.45, 7) is 1.54. The average Bonchev–Trinajstić information content (AvgIpc) is 2.86. The molecule has 0 unspecified atom stereocenters. The van der Waals surface area contributed by atoms with Crippen molar-refractivity contribution < 1.29 is 48.8 Å². The van der Waals surface area contributed by atoms with E-state index in [1.165, 1.54) is 24.3 Å². The van der Waals surface area contributed by atoms with Gasteiger partial charge in [-0.05, 0) is 55.0 Å². The van der Waals surface area contributed by atoms with Crippen LogP contribution in [0.3, 0.4) is 0 Å². The number of phenolic OH excluding ortho intramolecular Hbond substituents is 1. The van der Waals surface area contributed by atoms with E-state index in [-0.39, 0.29) is 11.3 Å². The van der Waals surface area contributed by atoms with Gasteiger partial charge in [-0.1, -0.05) is 24.3 Å². The predicted molar refractivity (Wildman–Crippen MR) is 145 cm³/mol. The third-order valence-corrected chi connectivity index (χ3v) is 8.35. The van der Waals surface area contributed by atoms with Crippen molar-refractivity contribution in [1.29, 1.82) is 0 Å². The fourth-order valence-corrected chi connectivity index (χ4v) is 5.80. The van der Waals surface area contributed by atoms with Gasteiger partial charge in [0, 0.05) is 10.9 Å². The van der Waals surface area contributed by atoms with E-state index in [2.05, 4.69) is 15.5 Å². The Balaban J connectivity index is 2.06. The summed E-state index contributed by atoms with van der Waals surface area (Å²) in [4.78, 5) is 10.0. The molecule has 0 fully saturated rings. The van der Waals surface area contributed by atoms with E-state index in [9.17, 15) is 48.8 Å². The van der Waals surface area contributed by atoms with E-state index < -0.39 is 78.8 Å². The summed E-state index contributed by atoms with van der Waals surface area (Å²) >= 11 is 0. The van der Waals surface area contributed by atoms with Crippen molar-refractivity contribution >= 4 is 64.1 Å². The number of anilines is 1. The first-order valence-electron chi connectivity index (χ1n) is 11.1. The zero-order valence-electron chi connectivity index (χ0n) is 20.6. The van der Waals surface area contributed by atoms with Crippen LogP contribution in [-0.4, -0.2) is 49.9 Å². The molecule has 4 aromatic rings. The lowest BCUT2D eigenvalue weighted by molar-refractivity contribution is 0.102. The number of aryl methyl sites for hydroxylation is 1. The molecule has 0 bridgehead atoms. The Morgan fingerprint density at radius 1 is 0.732 bits per heavy atom. The Morgan fingerprint density at radius 3 is 1.90 bits per heavy atom. The van der Waals surface area contributed by atoms with Gasteiger partial charge in [0.1, 0.15) is 26.1 Å². The molecule has 0 radical (unpaired) electrons. The van der Waals surface area contributed by atoms with E-state index in [0.717, 1.165) is 18.2 Å². The second-order valence-electron chi connectivity index (χ2n) is 8.52. The summed E-state index contributed by atoms with van der Waals surface area (Å²) in [6, 6.07) is 13.6. The van der Waals surface area contributed by atoms with Gasteiger partial charge in [-0.15, -0.1) is 10.2 Å². The Morgan fingerprint density at radius 2 is 1.32 bits per heavy atom. The average molecular weight is 622 g/mol. The van der Waals surface area contributed by atoms with Gasteiger partial charge in [0.2, 0.25) is 0 Å². The quantitative estimate of drug-likeness (QED) is 0.144. The molecule has 17 heteroatoms. The molecule has 0 saturated carbocycles. The van der Waals surface area contributed by atoms with Gasteiger partial charge in [0.05, 0.1) is 11.1 Å². The van der Waals surface area contributed by atoms with Crippen molar-refractivity contribution in [2.75, 3.05) is 5.32 Å². The number of nitrogens with zero attached hydrogens (tertiary/aromatic N) is 2. The fourth-order valence-electron chi connectivity index (χ4n) is 3.87. The minimum Gasteiger partial charge on any atom is -0.505 e. The molecule has 0 saturated heterocycles. The topological polar surface area (TPSA) is 237 Å². The largest absolute Gasteiger partial charge is 0.505 e. The minimum absolute atomic E-state index is 0.158. The molecule has 0 aliphatic carbocycles. The highest BCUT2D eigenvalue weighted by Gasteiger charge is 2.28. The number of azo groups is 1. The highest BCUT2D eigenvalue weighted by Crippen LogP contribution is 2.46. The van der Waals surface area contributed by atoms with Crippen LogP contribution < -0.4 is 5.32 Å². The first kappa shape index (κ1) is 29.7. The molecule has 0 aliphatic rings. The van der Waals surface area contributed by atoms with Crippen molar-refractivity contribution in [2.45, 2.75) is 21.6 Å². The molecule has 0 aliphatic heterocycles. The van der Waals surface area contributed by atoms with Gasteiger partial charge in [-0.3, -0.25) is 18.5 Å². The van der Waals surface area contributed by atoms with E-state index in [1.54, 1.807) is 25.1 Å². The van der Waals surface area contributed by atoms with Crippen molar-refractivity contribution in [3.05, 3.63) is 77.9 Å². The Labute approximate surface area is 233 Å². The first-order chi connectivity index (χ1) is 19.0. The van der Waals surface area contributed by atoms with Gasteiger partial charge in [-0.2, -0.15) is 25.3 Å². The van der Waals surface area contributed by atoms with Gasteiger partial charge >= 0.3 is 0 Å². The number of carbonyl (C=O) groups excluding carboxylic acids is 1. The van der Waals surface area contributed by atoms with Crippen molar-refractivity contribution in [2.24, 2.45) is 10.2 Å². The number of rotatable bonds is 7. The third-order valence-electron chi connectivity index (χ3n) is 5.67. The number of nitrogens with one attached hydrogen (secondary N) is 1. The van der Waals surface area contributed by atoms with Gasteiger partial charge in [0.25, 0.3) is 36.3 Å². The number of hydrogen-bond acceptors (Lipinski definition) is 10. The summed E-state index contributed by atoms with van der Waals surface area (Å²) in [6.07, 6.45) is 0. The molecule has 0 aromatic heterocycles. The van der Waals surface area contributed by atoms with E-state index >= 15 is 0 Å². The molecular weight excluding hydrogens is 602 g/mol. The fraction of sp³-hybridized carbons (Fsp3) is 0.0417. The van der Waals surface area contributed by atoms with Crippen LogP contribution in [0.1, 0.15) is 15.9 Å². The molecular formula is C24H19N3O11S3. The van der Waals surface area contributed by atoms with Crippen LogP contribution in [0.4, 0.5) is 17.1 Å². The van der Waals surface area contributed by atoms with Crippen molar-refractivity contribution in [1.82, 2.24) is 0 Å². The zero-order chi connectivity index (χ0) is 30.3. The Hall–Kier alpha value is -4.26. The number of hydrogen-bond donors (Lipinski definition) is 5. The maximum absolute atomic E-state index is 12.8. The number of phenols is 1. The van der Waals surface area contributed by atoms with Crippen LogP contribution in [-0.2, 0) is 30.4 Å². The number of aromatic hydroxyl groups is 1.